The number of carbonyl (C=O) groups is 1. The predicted molar refractivity (Wildman–Crippen MR) is 119 cm³/mol. The largest absolute Gasteiger partial charge is 0.325 e. The maximum Gasteiger partial charge on any atom is 0.280 e. The first-order valence-corrected chi connectivity index (χ1v) is 12.1. The quantitative estimate of drug-likeness (QED) is 0.569. The maximum absolute atomic E-state index is 13.4. The van der Waals surface area contributed by atoms with Crippen molar-refractivity contribution in [3.63, 3.8) is 0 Å². The summed E-state index contributed by atoms with van der Waals surface area (Å²) in [4.78, 5) is 17.6. The number of halogens is 3. The summed E-state index contributed by atoms with van der Waals surface area (Å²) in [5.41, 5.74) is 1.51. The zero-order valence-corrected chi connectivity index (χ0v) is 18.9. The van der Waals surface area contributed by atoms with Crippen LogP contribution in [0.5, 0.6) is 0 Å². The summed E-state index contributed by atoms with van der Waals surface area (Å²) >= 11 is 7.06. The van der Waals surface area contributed by atoms with Crippen LogP contribution in [-0.4, -0.2) is 36.7 Å². The van der Waals surface area contributed by atoms with Gasteiger partial charge in [0.1, 0.15) is 17.7 Å². The fraction of sp³-hybridized carbons (Fsp3) is 0.200. The Hall–Kier alpha value is -2.44. The lowest BCUT2D eigenvalue weighted by Gasteiger charge is -2.35. The average molecular weight is 499 g/mol. The highest BCUT2D eigenvalue weighted by Gasteiger charge is 2.41. The molecule has 2 N–H and O–H groups in total. The molecule has 2 aromatic heterocycles. The predicted octanol–water partition coefficient (Wildman–Crippen LogP) is 3.96. The van der Waals surface area contributed by atoms with Gasteiger partial charge in [0.15, 0.2) is 0 Å². The molecule has 1 amide bonds. The summed E-state index contributed by atoms with van der Waals surface area (Å²) in [6, 6.07) is 6.63. The second-order valence-electron chi connectivity index (χ2n) is 7.16. The van der Waals surface area contributed by atoms with Crippen molar-refractivity contribution >= 4 is 44.7 Å². The molecule has 12 heteroatoms. The summed E-state index contributed by atoms with van der Waals surface area (Å²) in [6.45, 7) is 0. The number of amides is 1. The first kappa shape index (κ1) is 22.7. The summed E-state index contributed by atoms with van der Waals surface area (Å²) in [5.74, 6) is -1.65. The summed E-state index contributed by atoms with van der Waals surface area (Å²) in [7, 11) is -2.63. The van der Waals surface area contributed by atoms with Gasteiger partial charge in [-0.05, 0) is 42.8 Å². The lowest BCUT2D eigenvalue weighted by molar-refractivity contribution is -0.120. The van der Waals surface area contributed by atoms with E-state index in [9.17, 15) is 22.0 Å². The van der Waals surface area contributed by atoms with Gasteiger partial charge < -0.3 is 5.32 Å². The van der Waals surface area contributed by atoms with Crippen molar-refractivity contribution in [1.29, 1.82) is 0 Å². The number of anilines is 1. The van der Waals surface area contributed by atoms with Gasteiger partial charge in [-0.15, -0.1) is 11.3 Å². The van der Waals surface area contributed by atoms with Crippen molar-refractivity contribution in [2.75, 3.05) is 12.4 Å². The molecule has 1 fully saturated rings. The number of rotatable bonds is 4. The van der Waals surface area contributed by atoms with Crippen molar-refractivity contribution < 1.29 is 22.0 Å². The molecule has 1 aliphatic heterocycles. The number of nitrogens with zero attached hydrogens (tertiary/aromatic N) is 2. The fourth-order valence-electron chi connectivity index (χ4n) is 3.31. The maximum atomic E-state index is 13.4. The molecule has 1 aliphatic rings. The molecule has 168 valence electrons. The molecule has 0 spiro atoms. The van der Waals surface area contributed by atoms with Crippen molar-refractivity contribution in [3.8, 4) is 11.3 Å². The molecule has 1 saturated heterocycles. The minimum atomic E-state index is -3.94. The minimum absolute atomic E-state index is 0.160. The van der Waals surface area contributed by atoms with Crippen molar-refractivity contribution in [2.45, 2.75) is 18.5 Å². The van der Waals surface area contributed by atoms with E-state index < -0.39 is 39.8 Å². The van der Waals surface area contributed by atoms with Crippen LogP contribution in [0.15, 0.2) is 48.0 Å². The number of carbonyl (C=O) groups excluding carboxylic acids is 1. The molecule has 3 heterocycles. The molecule has 7 nitrogen and oxygen atoms in total. The standard InChI is InChI=1S/C20H17ClF2N4O3S2/c1-27-18(20(28)25-13-3-4-15(23)14(21)7-13)8-17(26-32(27,29)30)19-6-11(10-31-19)16-5-2-12(22)9-24-16/h2-7,9-10,17-18,26H,8H2,1H3,(H,25,28)/t17-,18+/m1/s1. The molecule has 0 radical (unpaired) electrons. The Balaban J connectivity index is 1.56. The first-order valence-electron chi connectivity index (χ1n) is 9.35. The fourth-order valence-corrected chi connectivity index (χ4v) is 5.80. The zero-order valence-electron chi connectivity index (χ0n) is 16.6. The topological polar surface area (TPSA) is 91.4 Å². The molecule has 3 aromatic rings. The third kappa shape index (κ3) is 4.66. The lowest BCUT2D eigenvalue weighted by atomic mass is 10.0. The Labute approximate surface area is 192 Å². The number of aromatic nitrogens is 1. The average Bonchev–Trinajstić information content (AvgIpc) is 3.23. The van der Waals surface area contributed by atoms with Gasteiger partial charge in [-0.2, -0.15) is 17.4 Å². The van der Waals surface area contributed by atoms with Crippen LogP contribution < -0.4 is 10.0 Å². The van der Waals surface area contributed by atoms with E-state index in [-0.39, 0.29) is 17.1 Å². The van der Waals surface area contributed by atoms with Crippen molar-refractivity contribution in [3.05, 3.63) is 69.5 Å². The Morgan fingerprint density at radius 2 is 2.06 bits per heavy atom. The van der Waals surface area contributed by atoms with E-state index in [1.807, 2.05) is 0 Å². The number of hydrogen-bond acceptors (Lipinski definition) is 5. The molecular weight excluding hydrogens is 482 g/mol. The van der Waals surface area contributed by atoms with Crippen LogP contribution >= 0.6 is 22.9 Å². The molecule has 0 bridgehead atoms. The summed E-state index contributed by atoms with van der Waals surface area (Å²) in [6.07, 6.45) is 1.26. The van der Waals surface area contributed by atoms with Gasteiger partial charge in [0.05, 0.1) is 23.0 Å². The van der Waals surface area contributed by atoms with Gasteiger partial charge in [-0.1, -0.05) is 11.6 Å². The second-order valence-corrected chi connectivity index (χ2v) is 10.3. The Morgan fingerprint density at radius 3 is 2.75 bits per heavy atom. The van der Waals surface area contributed by atoms with Crippen LogP contribution in [0.25, 0.3) is 11.3 Å². The highest BCUT2D eigenvalue weighted by molar-refractivity contribution is 7.87. The Kier molecular flexibility index (Phi) is 6.28. The SMILES string of the molecule is CN1[C@H](C(=O)Nc2ccc(F)c(Cl)c2)C[C@H](c2cc(-c3ccc(F)cn3)cs2)NS1(=O)=O. The van der Waals surface area contributed by atoms with Crippen molar-refractivity contribution in [2.24, 2.45) is 0 Å². The number of likely N-dealkylation sites (N-methyl/N-ethyl adjacent to an activating group) is 1. The Morgan fingerprint density at radius 1 is 1.28 bits per heavy atom. The van der Waals surface area contributed by atoms with Gasteiger partial charge in [0, 0.05) is 28.6 Å². The number of pyridine rings is 1. The lowest BCUT2D eigenvalue weighted by Crippen LogP contribution is -2.55. The van der Waals surface area contributed by atoms with Crippen LogP contribution in [0.3, 0.4) is 0 Å². The minimum Gasteiger partial charge on any atom is -0.325 e. The van der Waals surface area contributed by atoms with E-state index in [1.54, 1.807) is 11.4 Å². The van der Waals surface area contributed by atoms with Crippen molar-refractivity contribution in [1.82, 2.24) is 14.0 Å². The number of thiophene rings is 1. The molecule has 0 aliphatic carbocycles. The third-order valence-corrected chi connectivity index (χ3v) is 7.98. The second kappa shape index (κ2) is 8.83. The van der Waals surface area contributed by atoms with Gasteiger partial charge in [0.2, 0.25) is 5.91 Å². The van der Waals surface area contributed by atoms with Crippen LogP contribution in [0, 0.1) is 11.6 Å². The van der Waals surface area contributed by atoms with Gasteiger partial charge in [-0.3, -0.25) is 9.78 Å². The normalized spacial score (nSPS) is 20.8. The van der Waals surface area contributed by atoms with E-state index >= 15 is 0 Å². The van der Waals surface area contributed by atoms with E-state index in [1.165, 1.54) is 42.6 Å². The van der Waals surface area contributed by atoms with E-state index in [0.29, 0.717) is 16.1 Å². The summed E-state index contributed by atoms with van der Waals surface area (Å²) < 4.78 is 55.4. The van der Waals surface area contributed by atoms with Crippen LogP contribution in [-0.2, 0) is 15.0 Å². The number of benzene rings is 1. The van der Waals surface area contributed by atoms with Crippen LogP contribution in [0.2, 0.25) is 5.02 Å². The smallest absolute Gasteiger partial charge is 0.280 e. The highest BCUT2D eigenvalue weighted by atomic mass is 35.5. The van der Waals surface area contributed by atoms with Gasteiger partial charge >= 0.3 is 0 Å². The molecule has 0 unspecified atom stereocenters. The molecule has 32 heavy (non-hydrogen) atoms. The molecular formula is C20H17ClF2N4O3S2. The van der Waals surface area contributed by atoms with Crippen LogP contribution in [0.4, 0.5) is 14.5 Å². The molecule has 1 aromatic carbocycles. The molecule has 0 saturated carbocycles. The van der Waals surface area contributed by atoms with Gasteiger partial charge in [0.25, 0.3) is 10.2 Å². The van der Waals surface area contributed by atoms with E-state index in [0.717, 1.165) is 16.6 Å². The third-order valence-electron chi connectivity index (χ3n) is 5.04. The monoisotopic (exact) mass is 498 g/mol. The zero-order chi connectivity index (χ0) is 23.0. The number of hydrogen-bond donors (Lipinski definition) is 2. The highest BCUT2D eigenvalue weighted by Crippen LogP contribution is 2.34. The van der Waals surface area contributed by atoms with E-state index in [2.05, 4.69) is 15.0 Å². The molecule has 2 atom stereocenters. The van der Waals surface area contributed by atoms with Crippen LogP contribution in [0.1, 0.15) is 17.3 Å². The van der Waals surface area contributed by atoms with Gasteiger partial charge in [-0.25, -0.2) is 8.78 Å². The Bertz CT molecular complexity index is 1270. The first-order chi connectivity index (χ1) is 15.1. The summed E-state index contributed by atoms with van der Waals surface area (Å²) in [5, 5.41) is 4.22. The van der Waals surface area contributed by atoms with E-state index in [4.69, 9.17) is 11.6 Å². The number of nitrogens with one attached hydrogen (secondary N) is 2. The molecule has 4 rings (SSSR count).